The van der Waals surface area contributed by atoms with Gasteiger partial charge in [0.2, 0.25) is 0 Å². The molecule has 0 amide bonds. The molecule has 78 valence electrons. The van der Waals surface area contributed by atoms with Crippen LogP contribution in [-0.4, -0.2) is 22.4 Å². The van der Waals surface area contributed by atoms with E-state index in [0.717, 1.165) is 5.56 Å². The van der Waals surface area contributed by atoms with Gasteiger partial charge in [-0.2, -0.15) is 5.10 Å². The molecule has 2 rings (SSSR count). The number of nitrogens with one attached hydrogen (secondary N) is 1. The first-order valence-electron chi connectivity index (χ1n) is 4.62. The van der Waals surface area contributed by atoms with E-state index in [1.165, 1.54) is 10.6 Å². The maximum atomic E-state index is 5.86. The van der Waals surface area contributed by atoms with Crippen molar-refractivity contribution in [2.24, 2.45) is 10.9 Å². The van der Waals surface area contributed by atoms with E-state index >= 15 is 0 Å². The SMILES string of the molecule is Cc1cccc(C2=NNC(C=S)N2N)c1. The average Bonchev–Trinajstić information content (AvgIpc) is 2.59. The van der Waals surface area contributed by atoms with E-state index in [1.54, 1.807) is 5.37 Å². The first-order chi connectivity index (χ1) is 7.22. The standard InChI is InChI=1S/C10H12N4S/c1-7-3-2-4-8(5-7)10-13-12-9(6-15)14(10)11/h2-6,9,12H,11H2,1H3. The molecule has 1 unspecified atom stereocenters. The van der Waals surface area contributed by atoms with E-state index in [2.05, 4.69) is 10.5 Å². The number of hydrogen-bond donors (Lipinski definition) is 2. The number of hydrazine groups is 1. The summed E-state index contributed by atoms with van der Waals surface area (Å²) in [6.45, 7) is 2.03. The highest BCUT2D eigenvalue weighted by molar-refractivity contribution is 7.79. The highest BCUT2D eigenvalue weighted by atomic mass is 32.1. The average molecular weight is 220 g/mol. The minimum atomic E-state index is -0.199. The number of hydrogen-bond acceptors (Lipinski definition) is 5. The molecule has 1 aliphatic heterocycles. The van der Waals surface area contributed by atoms with Crippen molar-refractivity contribution in [3.05, 3.63) is 35.4 Å². The second-order valence-electron chi connectivity index (χ2n) is 3.42. The Balaban J connectivity index is 2.30. The number of amidine groups is 1. The summed E-state index contributed by atoms with van der Waals surface area (Å²) in [5.41, 5.74) is 5.02. The third-order valence-electron chi connectivity index (χ3n) is 2.25. The van der Waals surface area contributed by atoms with E-state index in [1.807, 2.05) is 31.2 Å². The number of benzene rings is 1. The molecular weight excluding hydrogens is 208 g/mol. The number of thiocarbonyl (C=S) groups is 1. The molecule has 0 saturated heterocycles. The summed E-state index contributed by atoms with van der Waals surface area (Å²) in [7, 11) is 0. The Morgan fingerprint density at radius 3 is 3.00 bits per heavy atom. The summed E-state index contributed by atoms with van der Waals surface area (Å²) in [5.74, 6) is 6.57. The van der Waals surface area contributed by atoms with Crippen molar-refractivity contribution in [1.82, 2.24) is 10.4 Å². The Morgan fingerprint density at radius 2 is 2.40 bits per heavy atom. The topological polar surface area (TPSA) is 53.7 Å². The molecule has 0 fully saturated rings. The molecule has 1 heterocycles. The van der Waals surface area contributed by atoms with E-state index in [4.69, 9.17) is 18.1 Å². The molecule has 1 aromatic rings. The Morgan fingerprint density at radius 1 is 1.60 bits per heavy atom. The lowest BCUT2D eigenvalue weighted by Gasteiger charge is -2.17. The van der Waals surface area contributed by atoms with Crippen LogP contribution in [-0.2, 0) is 0 Å². The van der Waals surface area contributed by atoms with Gasteiger partial charge in [0.05, 0.1) is 0 Å². The van der Waals surface area contributed by atoms with Crippen LogP contribution in [0.1, 0.15) is 11.1 Å². The first-order valence-corrected chi connectivity index (χ1v) is 5.09. The summed E-state index contributed by atoms with van der Waals surface area (Å²) in [6.07, 6.45) is -0.199. The zero-order valence-corrected chi connectivity index (χ0v) is 9.16. The monoisotopic (exact) mass is 220 g/mol. The molecule has 0 aliphatic carbocycles. The molecular formula is C10H12N4S. The summed E-state index contributed by atoms with van der Waals surface area (Å²) in [6, 6.07) is 8.01. The molecule has 0 radical (unpaired) electrons. The first kappa shape index (κ1) is 10.1. The second-order valence-corrected chi connectivity index (χ2v) is 3.69. The smallest absolute Gasteiger partial charge is 0.172 e. The fourth-order valence-electron chi connectivity index (χ4n) is 1.47. The van der Waals surface area contributed by atoms with Crippen molar-refractivity contribution in [2.45, 2.75) is 13.1 Å². The zero-order valence-electron chi connectivity index (χ0n) is 8.34. The van der Waals surface area contributed by atoms with E-state index in [-0.39, 0.29) is 6.17 Å². The van der Waals surface area contributed by atoms with Crippen LogP contribution < -0.4 is 11.3 Å². The van der Waals surface area contributed by atoms with Gasteiger partial charge in [-0.25, -0.2) is 5.84 Å². The Labute approximate surface area is 93.7 Å². The minimum absolute atomic E-state index is 0.199. The van der Waals surface area contributed by atoms with Gasteiger partial charge in [-0.15, -0.1) is 0 Å². The molecule has 0 spiro atoms. The van der Waals surface area contributed by atoms with Crippen LogP contribution in [0.2, 0.25) is 0 Å². The van der Waals surface area contributed by atoms with Crippen LogP contribution in [0.3, 0.4) is 0 Å². The van der Waals surface area contributed by atoms with E-state index in [0.29, 0.717) is 5.84 Å². The van der Waals surface area contributed by atoms with Crippen molar-refractivity contribution in [2.75, 3.05) is 0 Å². The molecule has 0 saturated carbocycles. The summed E-state index contributed by atoms with van der Waals surface area (Å²) in [4.78, 5) is 0. The molecule has 1 aliphatic rings. The highest BCUT2D eigenvalue weighted by Crippen LogP contribution is 2.11. The Bertz CT molecular complexity index is 416. The largest absolute Gasteiger partial charge is 0.280 e. The number of nitrogens with two attached hydrogens (primary N) is 1. The van der Waals surface area contributed by atoms with E-state index in [9.17, 15) is 0 Å². The summed E-state index contributed by atoms with van der Waals surface area (Å²) < 4.78 is 0. The van der Waals surface area contributed by atoms with Crippen molar-refractivity contribution in [1.29, 1.82) is 0 Å². The Kier molecular flexibility index (Phi) is 2.66. The predicted octanol–water partition coefficient (Wildman–Crippen LogP) is 0.761. The zero-order chi connectivity index (χ0) is 10.8. The molecule has 3 N–H and O–H groups in total. The normalized spacial score (nSPS) is 19.7. The van der Waals surface area contributed by atoms with Gasteiger partial charge in [0.25, 0.3) is 0 Å². The lowest BCUT2D eigenvalue weighted by Crippen LogP contribution is -2.46. The van der Waals surface area contributed by atoms with Crippen LogP contribution >= 0.6 is 12.2 Å². The van der Waals surface area contributed by atoms with Crippen LogP contribution in [0, 0.1) is 6.92 Å². The van der Waals surface area contributed by atoms with Gasteiger partial charge in [-0.1, -0.05) is 36.0 Å². The van der Waals surface area contributed by atoms with Gasteiger partial charge in [0.15, 0.2) is 12.0 Å². The van der Waals surface area contributed by atoms with Crippen molar-refractivity contribution in [3.8, 4) is 0 Å². The molecule has 1 aromatic carbocycles. The maximum absolute atomic E-state index is 5.86. The van der Waals surface area contributed by atoms with E-state index < -0.39 is 0 Å². The highest BCUT2D eigenvalue weighted by Gasteiger charge is 2.23. The van der Waals surface area contributed by atoms with Crippen molar-refractivity contribution in [3.63, 3.8) is 0 Å². The number of aryl methyl sites for hydroxylation is 1. The van der Waals surface area contributed by atoms with Gasteiger partial charge < -0.3 is 0 Å². The van der Waals surface area contributed by atoms with Gasteiger partial charge >= 0.3 is 0 Å². The fraction of sp³-hybridized carbons (Fsp3) is 0.200. The predicted molar refractivity (Wildman–Crippen MR) is 64.3 cm³/mol. The number of nitrogens with zero attached hydrogens (tertiary/aromatic N) is 2. The van der Waals surface area contributed by atoms with Crippen LogP contribution in [0.5, 0.6) is 0 Å². The second kappa shape index (κ2) is 3.96. The van der Waals surface area contributed by atoms with Crippen LogP contribution in [0.15, 0.2) is 29.4 Å². The number of rotatable bonds is 2. The quantitative estimate of drug-likeness (QED) is 0.571. The molecule has 1 atom stereocenters. The summed E-state index contributed by atoms with van der Waals surface area (Å²) >= 11 is 4.84. The fourth-order valence-corrected chi connectivity index (χ4v) is 1.66. The molecule has 0 aromatic heterocycles. The molecule has 15 heavy (non-hydrogen) atoms. The van der Waals surface area contributed by atoms with Gasteiger partial charge in [0.1, 0.15) is 0 Å². The third kappa shape index (κ3) is 1.84. The molecule has 0 bridgehead atoms. The molecule has 5 heteroatoms. The number of hydrazone groups is 1. The summed E-state index contributed by atoms with van der Waals surface area (Å²) in [5, 5.41) is 7.23. The lowest BCUT2D eigenvalue weighted by molar-refractivity contribution is 0.394. The van der Waals surface area contributed by atoms with Crippen molar-refractivity contribution >= 4 is 23.4 Å². The van der Waals surface area contributed by atoms with Gasteiger partial charge in [0, 0.05) is 10.9 Å². The maximum Gasteiger partial charge on any atom is 0.172 e. The van der Waals surface area contributed by atoms with Gasteiger partial charge in [-0.3, -0.25) is 10.4 Å². The third-order valence-corrected chi connectivity index (χ3v) is 2.51. The Hall–Kier alpha value is -1.46. The lowest BCUT2D eigenvalue weighted by atomic mass is 10.1. The molecule has 4 nitrogen and oxygen atoms in total. The van der Waals surface area contributed by atoms with Crippen LogP contribution in [0.25, 0.3) is 0 Å². The van der Waals surface area contributed by atoms with Crippen molar-refractivity contribution < 1.29 is 0 Å². The van der Waals surface area contributed by atoms with Crippen LogP contribution in [0.4, 0.5) is 0 Å². The van der Waals surface area contributed by atoms with Gasteiger partial charge in [-0.05, 0) is 13.0 Å². The minimum Gasteiger partial charge on any atom is -0.280 e.